The minimum atomic E-state index is -1.00. The van der Waals surface area contributed by atoms with Crippen molar-refractivity contribution >= 4 is 28.0 Å². The Hall–Kier alpha value is -0.0931. The Bertz CT molecular complexity index is 259. The van der Waals surface area contributed by atoms with Crippen molar-refractivity contribution in [2.24, 2.45) is 0 Å². The van der Waals surface area contributed by atoms with Gasteiger partial charge >= 0.3 is 5.97 Å². The zero-order valence-corrected chi connectivity index (χ0v) is 15.3. The molecule has 0 fully saturated rings. The lowest BCUT2D eigenvalue weighted by Gasteiger charge is -2.12. The number of unbranched alkanes of at least 4 members (excludes halogenated alkanes) is 6. The molecule has 0 aromatic rings. The van der Waals surface area contributed by atoms with Gasteiger partial charge in [-0.15, -0.1) is 15.3 Å². The zero-order chi connectivity index (χ0) is 14.6. The maximum atomic E-state index is 11.0. The maximum Gasteiger partial charge on any atom is 0.330 e. The molecule has 0 N–H and O–H groups in total. The number of rotatable bonds is 11. The van der Waals surface area contributed by atoms with Gasteiger partial charge in [-0.25, -0.2) is 4.79 Å². The number of ether oxygens (including phenoxy) is 1. The maximum absolute atomic E-state index is 11.0. The largest absolute Gasteiger partial charge is 0.463 e. The average molecular weight is 349 g/mol. The van der Waals surface area contributed by atoms with Crippen molar-refractivity contribution in [1.82, 2.24) is 0 Å². The van der Waals surface area contributed by atoms with Crippen LogP contribution in [0.1, 0.15) is 51.9 Å². The normalized spacial score (nSPS) is 12.0. The van der Waals surface area contributed by atoms with E-state index >= 15 is 0 Å². The lowest BCUT2D eigenvalue weighted by atomic mass is 10.1. The summed E-state index contributed by atoms with van der Waals surface area (Å²) >= 11 is 3.81. The fourth-order valence-electron chi connectivity index (χ4n) is 1.89. The molecule has 4 heteroatoms. The molecule has 0 bridgehead atoms. The van der Waals surface area contributed by atoms with Gasteiger partial charge < -0.3 is 4.74 Å². The third kappa shape index (κ3) is 15.9. The minimum Gasteiger partial charge on any atom is -0.463 e. The lowest BCUT2D eigenvalue weighted by molar-refractivity contribution is -0.137. The second-order valence-electron chi connectivity index (χ2n) is 5.61. The first-order chi connectivity index (χ1) is 8.95. The predicted octanol–water partition coefficient (Wildman–Crippen LogP) is 5.44. The molecule has 0 aliphatic heterocycles. The summed E-state index contributed by atoms with van der Waals surface area (Å²) in [6.45, 7) is 6.11. The number of allylic oxidation sites excluding steroid dienone is 1. The molecule has 0 spiro atoms. The highest BCUT2D eigenvalue weighted by Gasteiger charge is 2.14. The van der Waals surface area contributed by atoms with E-state index in [0.29, 0.717) is 6.61 Å². The summed E-state index contributed by atoms with van der Waals surface area (Å²) in [5.41, 5.74) is 0. The van der Waals surface area contributed by atoms with Gasteiger partial charge in [0.05, 0.1) is 6.61 Å². The van der Waals surface area contributed by atoms with Crippen molar-refractivity contribution in [3.05, 3.63) is 12.2 Å². The Morgan fingerprint density at radius 2 is 1.58 bits per heavy atom. The smallest absolute Gasteiger partial charge is 0.330 e. The van der Waals surface area contributed by atoms with Gasteiger partial charge in [0.25, 0.3) is 0 Å². The molecule has 0 saturated carbocycles. The van der Waals surface area contributed by atoms with Gasteiger partial charge in [-0.2, -0.15) is 0 Å². The molecule has 0 saturated heterocycles. The highest BCUT2D eigenvalue weighted by Crippen LogP contribution is 2.21. The SMILES string of the molecule is CC=CC(=O)OCCCCCCCCC[Si](C)(C)Br. The van der Waals surface area contributed by atoms with Crippen molar-refractivity contribution < 1.29 is 9.53 Å². The Morgan fingerprint density at radius 3 is 2.11 bits per heavy atom. The van der Waals surface area contributed by atoms with Crippen LogP contribution in [0, 0.1) is 0 Å². The number of hydrogen-bond donors (Lipinski definition) is 0. The van der Waals surface area contributed by atoms with Crippen LogP contribution in [-0.4, -0.2) is 19.3 Å². The van der Waals surface area contributed by atoms with Crippen LogP contribution in [0.25, 0.3) is 0 Å². The number of esters is 1. The van der Waals surface area contributed by atoms with E-state index in [2.05, 4.69) is 28.4 Å². The van der Waals surface area contributed by atoms with Crippen LogP contribution in [0.4, 0.5) is 0 Å². The summed E-state index contributed by atoms with van der Waals surface area (Å²) in [7, 11) is 0. The van der Waals surface area contributed by atoms with Crippen molar-refractivity contribution in [1.29, 1.82) is 0 Å². The van der Waals surface area contributed by atoms with Crippen LogP contribution in [0.15, 0.2) is 12.2 Å². The first kappa shape index (κ1) is 18.9. The van der Waals surface area contributed by atoms with Gasteiger partial charge in [-0.05, 0) is 19.4 Å². The Labute approximate surface area is 127 Å². The van der Waals surface area contributed by atoms with E-state index in [9.17, 15) is 4.79 Å². The summed E-state index contributed by atoms with van der Waals surface area (Å²) in [4.78, 5) is 11.0. The lowest BCUT2D eigenvalue weighted by Crippen LogP contribution is -2.13. The van der Waals surface area contributed by atoms with E-state index in [1.165, 1.54) is 50.6 Å². The van der Waals surface area contributed by atoms with Crippen molar-refractivity contribution in [2.45, 2.75) is 71.0 Å². The number of carbonyl (C=O) groups excluding carboxylic acids is 1. The summed E-state index contributed by atoms with van der Waals surface area (Å²) in [6.07, 6.45) is 12.0. The standard InChI is InChI=1S/C15H29BrO2Si/c1-4-12-15(17)18-13-10-8-6-5-7-9-11-14-19(2,3)16/h4,12H,5-11,13-14H2,1-3H3. The number of halogens is 1. The van der Waals surface area contributed by atoms with Crippen LogP contribution in [-0.2, 0) is 9.53 Å². The van der Waals surface area contributed by atoms with E-state index in [1.54, 1.807) is 6.08 Å². The van der Waals surface area contributed by atoms with Crippen molar-refractivity contribution in [3.63, 3.8) is 0 Å². The van der Waals surface area contributed by atoms with E-state index in [4.69, 9.17) is 4.74 Å². The predicted molar refractivity (Wildman–Crippen MR) is 89.3 cm³/mol. The topological polar surface area (TPSA) is 26.3 Å². The molecule has 0 heterocycles. The second kappa shape index (κ2) is 11.7. The summed E-state index contributed by atoms with van der Waals surface area (Å²) < 4.78 is 5.04. The molecular formula is C15H29BrO2Si. The fourth-order valence-corrected chi connectivity index (χ4v) is 3.82. The highest BCUT2D eigenvalue weighted by molar-refractivity contribution is 9.26. The van der Waals surface area contributed by atoms with Gasteiger partial charge in [-0.1, -0.05) is 57.7 Å². The Kier molecular flexibility index (Phi) is 11.7. The van der Waals surface area contributed by atoms with E-state index in [1.807, 2.05) is 6.92 Å². The zero-order valence-electron chi connectivity index (χ0n) is 12.7. The third-order valence-electron chi connectivity index (χ3n) is 2.96. The molecule has 0 amide bonds. The van der Waals surface area contributed by atoms with Crippen LogP contribution < -0.4 is 0 Å². The van der Waals surface area contributed by atoms with Gasteiger partial charge in [0.1, 0.15) is 6.69 Å². The van der Waals surface area contributed by atoms with E-state index in [0.717, 1.165) is 6.42 Å². The Morgan fingerprint density at radius 1 is 1.05 bits per heavy atom. The second-order valence-corrected chi connectivity index (χ2v) is 16.0. The summed E-state index contributed by atoms with van der Waals surface area (Å²) in [5.74, 6) is -0.218. The van der Waals surface area contributed by atoms with Crippen LogP contribution in [0.2, 0.25) is 19.1 Å². The van der Waals surface area contributed by atoms with Gasteiger partial charge in [0, 0.05) is 6.08 Å². The average Bonchev–Trinajstić information content (AvgIpc) is 2.30. The molecule has 0 aromatic carbocycles. The molecule has 0 rings (SSSR count). The first-order valence-corrected chi connectivity index (χ1v) is 12.9. The fraction of sp³-hybridized carbons (Fsp3) is 0.800. The van der Waals surface area contributed by atoms with Gasteiger partial charge in [-0.3, -0.25) is 0 Å². The van der Waals surface area contributed by atoms with Crippen LogP contribution in [0.3, 0.4) is 0 Å². The first-order valence-electron chi connectivity index (χ1n) is 7.44. The molecule has 112 valence electrons. The van der Waals surface area contributed by atoms with Crippen molar-refractivity contribution in [3.8, 4) is 0 Å². The molecule has 19 heavy (non-hydrogen) atoms. The molecule has 0 unspecified atom stereocenters. The monoisotopic (exact) mass is 348 g/mol. The summed E-state index contributed by atoms with van der Waals surface area (Å²) in [5, 5.41) is 0. The van der Waals surface area contributed by atoms with Crippen molar-refractivity contribution in [2.75, 3.05) is 6.61 Å². The highest BCUT2D eigenvalue weighted by atomic mass is 79.9. The van der Waals surface area contributed by atoms with Gasteiger partial charge in [0.15, 0.2) is 0 Å². The third-order valence-corrected chi connectivity index (χ3v) is 5.69. The minimum absolute atomic E-state index is 0.218. The number of hydrogen-bond acceptors (Lipinski definition) is 2. The van der Waals surface area contributed by atoms with Crippen LogP contribution in [0.5, 0.6) is 0 Å². The molecular weight excluding hydrogens is 320 g/mol. The van der Waals surface area contributed by atoms with E-state index in [-0.39, 0.29) is 5.97 Å². The Balaban J connectivity index is 3.17. The summed E-state index contributed by atoms with van der Waals surface area (Å²) in [6, 6.07) is 1.38. The molecule has 0 atom stereocenters. The number of carbonyl (C=O) groups is 1. The molecule has 0 aliphatic carbocycles. The molecule has 0 radical (unpaired) electrons. The quantitative estimate of drug-likeness (QED) is 0.163. The molecule has 0 aromatic heterocycles. The van der Waals surface area contributed by atoms with Crippen LogP contribution >= 0.6 is 15.3 Å². The molecule has 0 aliphatic rings. The van der Waals surface area contributed by atoms with E-state index < -0.39 is 6.69 Å². The van der Waals surface area contributed by atoms with Gasteiger partial charge in [0.2, 0.25) is 0 Å². The molecule has 2 nitrogen and oxygen atoms in total.